The highest BCUT2D eigenvalue weighted by atomic mass is 16.1. The van der Waals surface area contributed by atoms with Gasteiger partial charge in [-0.25, -0.2) is 4.98 Å². The highest BCUT2D eigenvalue weighted by Gasteiger charge is 2.21. The maximum atomic E-state index is 12.5. The van der Waals surface area contributed by atoms with E-state index >= 15 is 0 Å². The molecule has 2 aromatic heterocycles. The molecule has 0 atom stereocenters. The van der Waals surface area contributed by atoms with Crippen LogP contribution in [0.25, 0.3) is 23.0 Å². The number of carbonyl (C=O) groups is 1. The Labute approximate surface area is 235 Å². The standard InChI is InChI=1S/C34H33N5O/c1-26-8-7-9-27(24-26)13-18-33(40)35-29-16-14-28(15-17-29)34-31(39-19-6-5-12-32(39)36-34)25-37-20-22-38(23-21-37)30-10-3-2-4-11-30/h2-19,24H,20-23,25H2,1H3,(H,35,40)/b18-13+. The molecule has 0 saturated carbocycles. The van der Waals surface area contributed by atoms with Gasteiger partial charge in [0.05, 0.1) is 11.4 Å². The zero-order valence-electron chi connectivity index (χ0n) is 22.7. The van der Waals surface area contributed by atoms with Crippen LogP contribution >= 0.6 is 0 Å². The van der Waals surface area contributed by atoms with Crippen molar-refractivity contribution in [3.8, 4) is 11.3 Å². The van der Waals surface area contributed by atoms with Gasteiger partial charge in [0.2, 0.25) is 5.91 Å². The molecule has 40 heavy (non-hydrogen) atoms. The molecule has 5 aromatic rings. The number of benzene rings is 3. The number of aromatic nitrogens is 2. The van der Waals surface area contributed by atoms with Gasteiger partial charge < -0.3 is 14.6 Å². The number of fused-ring (bicyclic) bond motifs is 1. The lowest BCUT2D eigenvalue weighted by atomic mass is 10.1. The SMILES string of the molecule is Cc1cccc(/C=C/C(=O)Nc2ccc(-c3nc4ccccn4c3CN3CCN(c4ccccc4)CC3)cc2)c1. The van der Waals surface area contributed by atoms with Gasteiger partial charge in [0, 0.05) is 61.9 Å². The van der Waals surface area contributed by atoms with E-state index in [4.69, 9.17) is 4.98 Å². The number of pyridine rings is 1. The summed E-state index contributed by atoms with van der Waals surface area (Å²) in [4.78, 5) is 22.5. The zero-order valence-corrected chi connectivity index (χ0v) is 22.7. The zero-order chi connectivity index (χ0) is 27.3. The van der Waals surface area contributed by atoms with Crippen LogP contribution in [0.2, 0.25) is 0 Å². The molecule has 6 rings (SSSR count). The van der Waals surface area contributed by atoms with Gasteiger partial charge >= 0.3 is 0 Å². The number of rotatable bonds is 7. The van der Waals surface area contributed by atoms with Gasteiger partial charge in [0.15, 0.2) is 0 Å². The first kappa shape index (κ1) is 25.6. The molecule has 0 radical (unpaired) electrons. The van der Waals surface area contributed by atoms with Gasteiger partial charge in [0.25, 0.3) is 0 Å². The van der Waals surface area contributed by atoms with Crippen molar-refractivity contribution in [3.63, 3.8) is 0 Å². The average molecular weight is 528 g/mol. The fourth-order valence-corrected chi connectivity index (χ4v) is 5.28. The second-order valence-corrected chi connectivity index (χ2v) is 10.2. The Bertz CT molecular complexity index is 1630. The molecule has 6 nitrogen and oxygen atoms in total. The van der Waals surface area contributed by atoms with Crippen molar-refractivity contribution in [2.75, 3.05) is 36.4 Å². The number of anilines is 2. The fourth-order valence-electron chi connectivity index (χ4n) is 5.28. The molecule has 0 unspecified atom stereocenters. The maximum Gasteiger partial charge on any atom is 0.248 e. The summed E-state index contributed by atoms with van der Waals surface area (Å²) in [6.07, 6.45) is 5.50. The summed E-state index contributed by atoms with van der Waals surface area (Å²) >= 11 is 0. The molecule has 1 aliphatic rings. The van der Waals surface area contributed by atoms with Crippen LogP contribution < -0.4 is 10.2 Å². The van der Waals surface area contributed by atoms with E-state index in [-0.39, 0.29) is 5.91 Å². The van der Waals surface area contributed by atoms with Gasteiger partial charge in [-0.2, -0.15) is 0 Å². The highest BCUT2D eigenvalue weighted by Crippen LogP contribution is 2.28. The topological polar surface area (TPSA) is 52.9 Å². The number of carbonyl (C=O) groups excluding carboxylic acids is 1. The van der Waals surface area contributed by atoms with Gasteiger partial charge in [-0.1, -0.05) is 66.2 Å². The molecule has 3 aromatic carbocycles. The van der Waals surface area contributed by atoms with Crippen LogP contribution in [0.15, 0.2) is 109 Å². The smallest absolute Gasteiger partial charge is 0.248 e. The number of nitrogens with zero attached hydrogens (tertiary/aromatic N) is 4. The number of hydrogen-bond acceptors (Lipinski definition) is 4. The minimum Gasteiger partial charge on any atom is -0.369 e. The molecule has 1 saturated heterocycles. The van der Waals surface area contributed by atoms with Crippen molar-refractivity contribution in [1.29, 1.82) is 0 Å². The Morgan fingerprint density at radius 1 is 0.875 bits per heavy atom. The van der Waals surface area contributed by atoms with Crippen LogP contribution in [-0.2, 0) is 11.3 Å². The minimum atomic E-state index is -0.155. The second-order valence-electron chi connectivity index (χ2n) is 10.2. The molecule has 1 aliphatic heterocycles. The van der Waals surface area contributed by atoms with Crippen molar-refractivity contribution in [2.24, 2.45) is 0 Å². The Balaban J connectivity index is 1.16. The molecule has 0 aliphatic carbocycles. The van der Waals surface area contributed by atoms with E-state index in [0.717, 1.165) is 60.9 Å². The summed E-state index contributed by atoms with van der Waals surface area (Å²) < 4.78 is 2.20. The third-order valence-corrected chi connectivity index (χ3v) is 7.39. The van der Waals surface area contributed by atoms with Crippen molar-refractivity contribution in [3.05, 3.63) is 126 Å². The van der Waals surface area contributed by atoms with Crippen molar-refractivity contribution < 1.29 is 4.79 Å². The highest BCUT2D eigenvalue weighted by molar-refractivity contribution is 6.02. The summed E-state index contributed by atoms with van der Waals surface area (Å²) in [5.41, 5.74) is 8.35. The number of nitrogens with one attached hydrogen (secondary N) is 1. The van der Waals surface area contributed by atoms with Gasteiger partial charge in [0.1, 0.15) is 5.65 Å². The number of aryl methyl sites for hydroxylation is 1. The van der Waals surface area contributed by atoms with Crippen molar-refractivity contribution in [1.82, 2.24) is 14.3 Å². The van der Waals surface area contributed by atoms with E-state index in [1.165, 1.54) is 16.9 Å². The molecule has 3 heterocycles. The van der Waals surface area contributed by atoms with E-state index in [9.17, 15) is 4.79 Å². The lowest BCUT2D eigenvalue weighted by molar-refractivity contribution is -0.111. The normalized spacial score (nSPS) is 14.2. The van der Waals surface area contributed by atoms with Crippen LogP contribution in [0.4, 0.5) is 11.4 Å². The van der Waals surface area contributed by atoms with E-state index in [0.29, 0.717) is 0 Å². The first-order valence-corrected chi connectivity index (χ1v) is 13.8. The molecule has 6 heteroatoms. The molecule has 200 valence electrons. The van der Waals surface area contributed by atoms with E-state index in [1.54, 1.807) is 6.08 Å². The van der Waals surface area contributed by atoms with Crippen LogP contribution in [0, 0.1) is 6.92 Å². The first-order valence-electron chi connectivity index (χ1n) is 13.8. The number of imidazole rings is 1. The predicted octanol–water partition coefficient (Wildman–Crippen LogP) is 6.28. The third-order valence-electron chi connectivity index (χ3n) is 7.39. The van der Waals surface area contributed by atoms with E-state index in [1.807, 2.05) is 67.6 Å². The van der Waals surface area contributed by atoms with Crippen LogP contribution in [0.5, 0.6) is 0 Å². The summed E-state index contributed by atoms with van der Waals surface area (Å²) in [5, 5.41) is 2.97. The Morgan fingerprint density at radius 2 is 1.65 bits per heavy atom. The maximum absolute atomic E-state index is 12.5. The lowest BCUT2D eigenvalue weighted by Gasteiger charge is -2.36. The Morgan fingerprint density at radius 3 is 2.42 bits per heavy atom. The number of para-hydroxylation sites is 1. The summed E-state index contributed by atoms with van der Waals surface area (Å²) in [6.45, 7) is 6.86. The molecule has 1 N–H and O–H groups in total. The lowest BCUT2D eigenvalue weighted by Crippen LogP contribution is -2.46. The summed E-state index contributed by atoms with van der Waals surface area (Å²) in [5.74, 6) is -0.155. The number of piperazine rings is 1. The first-order chi connectivity index (χ1) is 19.6. The molecular weight excluding hydrogens is 494 g/mol. The molecule has 0 bridgehead atoms. The monoisotopic (exact) mass is 527 g/mol. The largest absolute Gasteiger partial charge is 0.369 e. The average Bonchev–Trinajstić information content (AvgIpc) is 3.35. The summed E-state index contributed by atoms with van der Waals surface area (Å²) in [6, 6.07) is 32.8. The van der Waals surface area contributed by atoms with Crippen LogP contribution in [0.1, 0.15) is 16.8 Å². The number of amides is 1. The van der Waals surface area contributed by atoms with Crippen molar-refractivity contribution in [2.45, 2.75) is 13.5 Å². The van der Waals surface area contributed by atoms with E-state index < -0.39 is 0 Å². The molecule has 0 spiro atoms. The van der Waals surface area contributed by atoms with Gasteiger partial charge in [-0.3, -0.25) is 9.69 Å². The van der Waals surface area contributed by atoms with Crippen molar-refractivity contribution >= 4 is 29.0 Å². The fraction of sp³-hybridized carbons (Fsp3) is 0.176. The summed E-state index contributed by atoms with van der Waals surface area (Å²) in [7, 11) is 0. The van der Waals surface area contributed by atoms with E-state index in [2.05, 4.69) is 68.2 Å². The van der Waals surface area contributed by atoms with Gasteiger partial charge in [-0.15, -0.1) is 0 Å². The van der Waals surface area contributed by atoms with Gasteiger partial charge in [-0.05, 0) is 55.0 Å². The number of hydrogen-bond donors (Lipinski definition) is 1. The van der Waals surface area contributed by atoms with Crippen LogP contribution in [0.3, 0.4) is 0 Å². The molecule has 1 fully saturated rings. The quantitative estimate of drug-likeness (QED) is 0.253. The molecular formula is C34H33N5O. The minimum absolute atomic E-state index is 0.155. The third kappa shape index (κ3) is 5.82. The Hall–Kier alpha value is -4.68. The Kier molecular flexibility index (Phi) is 7.42. The molecule has 1 amide bonds. The predicted molar refractivity (Wildman–Crippen MR) is 163 cm³/mol. The second kappa shape index (κ2) is 11.6. The van der Waals surface area contributed by atoms with Crippen LogP contribution in [-0.4, -0.2) is 46.4 Å².